The van der Waals surface area contributed by atoms with Crippen molar-refractivity contribution in [2.45, 2.75) is 38.5 Å². The lowest BCUT2D eigenvalue weighted by Gasteiger charge is -2.18. The van der Waals surface area contributed by atoms with Gasteiger partial charge in [-0.25, -0.2) is 22.4 Å². The average Bonchev–Trinajstić information content (AvgIpc) is 3.69. The molecule has 1 aromatic carbocycles. The van der Waals surface area contributed by atoms with E-state index >= 15 is 4.39 Å². The van der Waals surface area contributed by atoms with E-state index in [-0.39, 0.29) is 39.2 Å². The Balaban J connectivity index is 1.58. The number of carboxylic acid groups (broad SMARTS) is 1. The molecule has 3 aromatic heterocycles. The number of aromatic nitrogens is 3. The topological polar surface area (TPSA) is 85.1 Å². The van der Waals surface area contributed by atoms with Crippen molar-refractivity contribution >= 4 is 17.6 Å². The van der Waals surface area contributed by atoms with Gasteiger partial charge in [-0.3, -0.25) is 19.3 Å². The summed E-state index contributed by atoms with van der Waals surface area (Å²) in [5.74, 6) is -4.07. The van der Waals surface area contributed by atoms with Crippen LogP contribution in [0.25, 0.3) is 16.9 Å². The summed E-state index contributed by atoms with van der Waals surface area (Å²) in [5.41, 5.74) is -0.864. The van der Waals surface area contributed by atoms with E-state index in [0.717, 1.165) is 16.8 Å². The van der Waals surface area contributed by atoms with E-state index in [1.165, 1.54) is 37.5 Å². The Bertz CT molecular complexity index is 1710. The standard InChI is InChI=1S/C28H20ClF4N3O3/c1-12-9-35-24(16-4-3-5-17(22(16)30)28(38)39)23(31)25(12)36-13(2)6-20(21(29)27(36)37)19-8-18(19)14-7-15(26(32)33)11-34-10-14/h3-7,9-11,18-19,26H,8H2,1-2H3,(H,38,39)/t18-,19+/m1/s1. The van der Waals surface area contributed by atoms with Crippen LogP contribution in [-0.4, -0.2) is 25.6 Å². The van der Waals surface area contributed by atoms with E-state index in [1.807, 2.05) is 0 Å². The van der Waals surface area contributed by atoms with E-state index in [9.17, 15) is 27.9 Å². The summed E-state index contributed by atoms with van der Waals surface area (Å²) in [6.07, 6.45) is 1.78. The first-order valence-electron chi connectivity index (χ1n) is 11.8. The number of benzene rings is 1. The molecule has 1 N–H and O–H groups in total. The van der Waals surface area contributed by atoms with Crippen molar-refractivity contribution in [2.24, 2.45) is 0 Å². The van der Waals surface area contributed by atoms with Crippen molar-refractivity contribution in [3.63, 3.8) is 0 Å². The van der Waals surface area contributed by atoms with Crippen molar-refractivity contribution in [3.05, 3.63) is 109 Å². The summed E-state index contributed by atoms with van der Waals surface area (Å²) in [6, 6.07) is 6.54. The molecule has 5 rings (SSSR count). The molecule has 2 atom stereocenters. The largest absolute Gasteiger partial charge is 0.478 e. The van der Waals surface area contributed by atoms with E-state index in [0.29, 0.717) is 23.2 Å². The summed E-state index contributed by atoms with van der Waals surface area (Å²) in [5, 5.41) is 9.09. The first-order chi connectivity index (χ1) is 18.5. The third-order valence-corrected chi connectivity index (χ3v) is 7.28. The summed E-state index contributed by atoms with van der Waals surface area (Å²) in [4.78, 5) is 32.7. The molecule has 0 radical (unpaired) electrons. The van der Waals surface area contributed by atoms with Crippen LogP contribution in [0.15, 0.2) is 53.7 Å². The zero-order valence-corrected chi connectivity index (χ0v) is 21.3. The number of carboxylic acids is 1. The highest BCUT2D eigenvalue weighted by Gasteiger charge is 2.42. The highest BCUT2D eigenvalue weighted by Crippen LogP contribution is 2.56. The molecule has 11 heteroatoms. The van der Waals surface area contributed by atoms with Crippen molar-refractivity contribution < 1.29 is 27.5 Å². The summed E-state index contributed by atoms with van der Waals surface area (Å²) >= 11 is 6.50. The quantitative estimate of drug-likeness (QED) is 0.265. The maximum absolute atomic E-state index is 15.9. The molecule has 6 nitrogen and oxygen atoms in total. The van der Waals surface area contributed by atoms with Crippen molar-refractivity contribution in [2.75, 3.05) is 0 Å². The van der Waals surface area contributed by atoms with Crippen LogP contribution in [0.5, 0.6) is 0 Å². The molecule has 1 fully saturated rings. The molecule has 0 bridgehead atoms. The number of rotatable bonds is 6. The monoisotopic (exact) mass is 557 g/mol. The fraction of sp³-hybridized carbons (Fsp3) is 0.214. The van der Waals surface area contributed by atoms with Gasteiger partial charge < -0.3 is 5.11 Å². The summed E-state index contributed by atoms with van der Waals surface area (Å²) < 4.78 is 58.1. The average molecular weight is 558 g/mol. The Kier molecular flexibility index (Phi) is 6.76. The third kappa shape index (κ3) is 4.58. The van der Waals surface area contributed by atoms with Crippen LogP contribution >= 0.6 is 11.6 Å². The first-order valence-corrected chi connectivity index (χ1v) is 12.2. The fourth-order valence-corrected chi connectivity index (χ4v) is 5.17. The maximum Gasteiger partial charge on any atom is 0.338 e. The lowest BCUT2D eigenvalue weighted by Crippen LogP contribution is -2.24. The predicted molar refractivity (Wildman–Crippen MR) is 136 cm³/mol. The second-order valence-electron chi connectivity index (χ2n) is 9.42. The molecule has 39 heavy (non-hydrogen) atoms. The number of alkyl halides is 2. The normalized spacial score (nSPS) is 16.5. The Hall–Kier alpha value is -4.05. The van der Waals surface area contributed by atoms with Gasteiger partial charge in [0.15, 0.2) is 5.82 Å². The molecular weight excluding hydrogens is 538 g/mol. The number of carbonyl (C=O) groups is 1. The highest BCUT2D eigenvalue weighted by molar-refractivity contribution is 6.31. The lowest BCUT2D eigenvalue weighted by atomic mass is 10.0. The number of hydrogen-bond acceptors (Lipinski definition) is 4. The Morgan fingerprint density at radius 2 is 1.85 bits per heavy atom. The van der Waals surface area contributed by atoms with Crippen LogP contribution in [0.1, 0.15) is 63.0 Å². The number of aromatic carboxylic acids is 1. The molecule has 0 amide bonds. The van der Waals surface area contributed by atoms with Crippen molar-refractivity contribution in [3.8, 4) is 16.9 Å². The molecule has 0 spiro atoms. The van der Waals surface area contributed by atoms with Gasteiger partial charge in [0.2, 0.25) is 0 Å². The van der Waals surface area contributed by atoms with E-state index in [2.05, 4.69) is 9.97 Å². The number of hydrogen-bond donors (Lipinski definition) is 1. The van der Waals surface area contributed by atoms with Gasteiger partial charge in [-0.2, -0.15) is 0 Å². The van der Waals surface area contributed by atoms with Gasteiger partial charge in [0.25, 0.3) is 12.0 Å². The van der Waals surface area contributed by atoms with Gasteiger partial charge in [0.1, 0.15) is 16.5 Å². The molecule has 1 saturated carbocycles. The van der Waals surface area contributed by atoms with Gasteiger partial charge in [0.05, 0.1) is 11.3 Å². The Morgan fingerprint density at radius 1 is 1.10 bits per heavy atom. The van der Waals surface area contributed by atoms with Gasteiger partial charge in [-0.05, 0) is 73.1 Å². The minimum Gasteiger partial charge on any atom is -0.478 e. The van der Waals surface area contributed by atoms with Gasteiger partial charge in [-0.15, -0.1) is 0 Å². The number of halogens is 5. The molecule has 1 aliphatic carbocycles. The third-order valence-electron chi connectivity index (χ3n) is 6.90. The van der Waals surface area contributed by atoms with E-state index < -0.39 is 40.8 Å². The van der Waals surface area contributed by atoms with Crippen LogP contribution in [0.4, 0.5) is 17.6 Å². The molecule has 200 valence electrons. The van der Waals surface area contributed by atoms with Gasteiger partial charge in [0, 0.05) is 35.4 Å². The van der Waals surface area contributed by atoms with Crippen LogP contribution in [0.2, 0.25) is 5.02 Å². The van der Waals surface area contributed by atoms with E-state index in [1.54, 1.807) is 13.0 Å². The van der Waals surface area contributed by atoms with E-state index in [4.69, 9.17) is 11.6 Å². The summed E-state index contributed by atoms with van der Waals surface area (Å²) in [6.45, 7) is 3.11. The van der Waals surface area contributed by atoms with Crippen LogP contribution in [0, 0.1) is 25.5 Å². The molecule has 0 saturated heterocycles. The minimum absolute atomic E-state index is 0.151. The Morgan fingerprint density at radius 3 is 2.54 bits per heavy atom. The van der Waals surface area contributed by atoms with Crippen molar-refractivity contribution in [1.82, 2.24) is 14.5 Å². The number of pyridine rings is 3. The number of nitrogens with zero attached hydrogens (tertiary/aromatic N) is 3. The molecule has 0 aliphatic heterocycles. The SMILES string of the molecule is Cc1cnc(-c2cccc(C(=O)O)c2F)c(F)c1-n1c(C)cc([C@H]2C[C@@H]2c2cncc(C(F)F)c2)c(Cl)c1=O. The van der Waals surface area contributed by atoms with Gasteiger partial charge >= 0.3 is 5.97 Å². The Labute approximate surface area is 224 Å². The maximum atomic E-state index is 15.9. The smallest absolute Gasteiger partial charge is 0.338 e. The lowest BCUT2D eigenvalue weighted by molar-refractivity contribution is 0.0692. The van der Waals surface area contributed by atoms with Crippen molar-refractivity contribution in [1.29, 1.82) is 0 Å². The molecular formula is C28H20ClF4N3O3. The fourth-order valence-electron chi connectivity index (χ4n) is 4.89. The predicted octanol–water partition coefficient (Wildman–Crippen LogP) is 6.75. The molecule has 3 heterocycles. The summed E-state index contributed by atoms with van der Waals surface area (Å²) in [7, 11) is 0. The zero-order valence-electron chi connectivity index (χ0n) is 20.6. The van der Waals surface area contributed by atoms with Crippen LogP contribution < -0.4 is 5.56 Å². The van der Waals surface area contributed by atoms with Crippen LogP contribution in [0.3, 0.4) is 0 Å². The second kappa shape index (κ2) is 9.92. The van der Waals surface area contributed by atoms with Crippen LogP contribution in [-0.2, 0) is 0 Å². The van der Waals surface area contributed by atoms with Gasteiger partial charge in [-0.1, -0.05) is 17.7 Å². The second-order valence-corrected chi connectivity index (χ2v) is 9.80. The molecule has 4 aromatic rings. The zero-order chi connectivity index (χ0) is 28.2. The first kappa shape index (κ1) is 26.6. The minimum atomic E-state index is -2.66. The molecule has 1 aliphatic rings. The molecule has 0 unspecified atom stereocenters. The highest BCUT2D eigenvalue weighted by atomic mass is 35.5. The number of aryl methyl sites for hydroxylation is 2.